The number of carbonyl (C=O) groups is 1. The Morgan fingerprint density at radius 1 is 1.08 bits per heavy atom. The molecule has 1 atom stereocenters. The zero-order valence-corrected chi connectivity index (χ0v) is 15.7. The number of nitrogens with one attached hydrogen (secondary N) is 1. The van der Waals surface area contributed by atoms with E-state index in [-0.39, 0.29) is 16.8 Å². The Bertz CT molecular complexity index is 860. The third kappa shape index (κ3) is 4.71. The lowest BCUT2D eigenvalue weighted by Gasteiger charge is -2.25. The third-order valence-electron chi connectivity index (χ3n) is 4.67. The highest BCUT2D eigenvalue weighted by Crippen LogP contribution is 2.19. The van der Waals surface area contributed by atoms with Crippen LogP contribution in [0, 0.1) is 0 Å². The van der Waals surface area contributed by atoms with Gasteiger partial charge >= 0.3 is 0 Å². The van der Waals surface area contributed by atoms with Crippen molar-refractivity contribution in [2.75, 3.05) is 25.9 Å². The first-order valence-corrected chi connectivity index (χ1v) is 10.7. The van der Waals surface area contributed by atoms with E-state index in [2.05, 4.69) is 10.2 Å². The van der Waals surface area contributed by atoms with Gasteiger partial charge in [-0.3, -0.25) is 4.79 Å². The number of likely N-dealkylation sites (tertiary alicyclic amines) is 1. The first kappa shape index (κ1) is 18.6. The summed E-state index contributed by atoms with van der Waals surface area (Å²) in [5, 5.41) is 3.08. The van der Waals surface area contributed by atoms with Crippen molar-refractivity contribution in [2.45, 2.75) is 23.8 Å². The lowest BCUT2D eigenvalue weighted by molar-refractivity contribution is 0.0927. The summed E-state index contributed by atoms with van der Waals surface area (Å²) in [6.07, 6.45) is 3.52. The predicted octanol–water partition coefficient (Wildman–Crippen LogP) is 2.66. The zero-order valence-electron chi connectivity index (χ0n) is 14.9. The van der Waals surface area contributed by atoms with Crippen LogP contribution in [-0.4, -0.2) is 45.1 Å². The van der Waals surface area contributed by atoms with Gasteiger partial charge in [0.2, 0.25) is 0 Å². The normalized spacial score (nSPS) is 16.3. The fraction of sp³-hybridized carbons (Fsp3) is 0.350. The van der Waals surface area contributed by atoms with Crippen LogP contribution >= 0.6 is 0 Å². The average molecular weight is 372 g/mol. The molecule has 0 aromatic heterocycles. The molecule has 3 rings (SSSR count). The number of benzene rings is 2. The standard InChI is InChI=1S/C20H24N2O3S/c1-26(24,25)18-11-7-10-17(14-18)20(23)21-19(15-22-12-5-6-13-22)16-8-3-2-4-9-16/h2-4,7-11,14,19H,5-6,12-13,15H2,1H3,(H,21,23). The fourth-order valence-corrected chi connectivity index (χ4v) is 3.92. The summed E-state index contributed by atoms with van der Waals surface area (Å²) in [6.45, 7) is 2.84. The first-order valence-electron chi connectivity index (χ1n) is 8.82. The number of rotatable bonds is 6. The predicted molar refractivity (Wildman–Crippen MR) is 102 cm³/mol. The van der Waals surface area contributed by atoms with Crippen molar-refractivity contribution in [1.82, 2.24) is 10.2 Å². The van der Waals surface area contributed by atoms with Gasteiger partial charge < -0.3 is 10.2 Å². The van der Waals surface area contributed by atoms with Crippen molar-refractivity contribution >= 4 is 15.7 Å². The smallest absolute Gasteiger partial charge is 0.251 e. The van der Waals surface area contributed by atoms with Gasteiger partial charge in [0.25, 0.3) is 5.91 Å². The maximum atomic E-state index is 12.8. The van der Waals surface area contributed by atoms with Gasteiger partial charge in [0.1, 0.15) is 0 Å². The molecule has 1 aliphatic heterocycles. The van der Waals surface area contributed by atoms with Crippen LogP contribution in [0.2, 0.25) is 0 Å². The topological polar surface area (TPSA) is 66.5 Å². The van der Waals surface area contributed by atoms with Crippen molar-refractivity contribution in [3.05, 3.63) is 65.7 Å². The van der Waals surface area contributed by atoms with E-state index in [9.17, 15) is 13.2 Å². The number of hydrogen-bond acceptors (Lipinski definition) is 4. The van der Waals surface area contributed by atoms with Crippen molar-refractivity contribution in [3.8, 4) is 0 Å². The third-order valence-corrected chi connectivity index (χ3v) is 5.78. The number of carbonyl (C=O) groups excluding carboxylic acids is 1. The minimum Gasteiger partial charge on any atom is -0.344 e. The molecule has 1 N–H and O–H groups in total. The lowest BCUT2D eigenvalue weighted by atomic mass is 10.1. The molecule has 0 radical (unpaired) electrons. The van der Waals surface area contributed by atoms with Crippen LogP contribution in [0.25, 0.3) is 0 Å². The summed E-state index contributed by atoms with van der Waals surface area (Å²) in [5.74, 6) is -0.261. The van der Waals surface area contributed by atoms with Crippen LogP contribution < -0.4 is 5.32 Å². The molecular weight excluding hydrogens is 348 g/mol. The molecule has 0 saturated carbocycles. The van der Waals surface area contributed by atoms with E-state index >= 15 is 0 Å². The van der Waals surface area contributed by atoms with Gasteiger partial charge in [-0.15, -0.1) is 0 Å². The maximum absolute atomic E-state index is 12.8. The summed E-state index contributed by atoms with van der Waals surface area (Å²) < 4.78 is 23.5. The van der Waals surface area contributed by atoms with Crippen LogP contribution in [0.4, 0.5) is 0 Å². The number of nitrogens with zero attached hydrogens (tertiary/aromatic N) is 1. The summed E-state index contributed by atoms with van der Waals surface area (Å²) >= 11 is 0. The van der Waals surface area contributed by atoms with Gasteiger partial charge in [-0.25, -0.2) is 8.42 Å². The van der Waals surface area contributed by atoms with Crippen LogP contribution in [0.1, 0.15) is 34.8 Å². The van der Waals surface area contributed by atoms with Gasteiger partial charge in [0.05, 0.1) is 10.9 Å². The highest BCUT2D eigenvalue weighted by molar-refractivity contribution is 7.90. The second-order valence-electron chi connectivity index (χ2n) is 6.74. The van der Waals surface area contributed by atoms with Crippen molar-refractivity contribution in [2.24, 2.45) is 0 Å². The highest BCUT2D eigenvalue weighted by atomic mass is 32.2. The number of sulfone groups is 1. The zero-order chi connectivity index (χ0) is 18.6. The van der Waals surface area contributed by atoms with E-state index in [0.717, 1.165) is 31.5 Å². The SMILES string of the molecule is CS(=O)(=O)c1cccc(C(=O)NC(CN2CCCC2)c2ccccc2)c1. The van der Waals surface area contributed by atoms with Crippen LogP contribution in [0.15, 0.2) is 59.5 Å². The van der Waals surface area contributed by atoms with Gasteiger partial charge in [0.15, 0.2) is 9.84 Å². The van der Waals surface area contributed by atoms with E-state index in [0.29, 0.717) is 5.56 Å². The van der Waals surface area contributed by atoms with E-state index in [1.807, 2.05) is 30.3 Å². The second-order valence-corrected chi connectivity index (χ2v) is 8.76. The largest absolute Gasteiger partial charge is 0.344 e. The molecule has 1 aliphatic rings. The molecular formula is C20H24N2O3S. The highest BCUT2D eigenvalue weighted by Gasteiger charge is 2.21. The molecule has 0 spiro atoms. The first-order chi connectivity index (χ1) is 12.4. The quantitative estimate of drug-likeness (QED) is 0.847. The van der Waals surface area contributed by atoms with Gasteiger partial charge in [0, 0.05) is 18.4 Å². The van der Waals surface area contributed by atoms with Crippen LogP contribution in [0.5, 0.6) is 0 Å². The molecule has 2 aromatic rings. The Kier molecular flexibility index (Phi) is 5.74. The molecule has 138 valence electrons. The number of hydrogen-bond donors (Lipinski definition) is 1. The monoisotopic (exact) mass is 372 g/mol. The molecule has 5 nitrogen and oxygen atoms in total. The molecule has 26 heavy (non-hydrogen) atoms. The summed E-state index contributed by atoms with van der Waals surface area (Å²) in [6, 6.07) is 15.9. The minimum atomic E-state index is -3.35. The lowest BCUT2D eigenvalue weighted by Crippen LogP contribution is -2.37. The van der Waals surface area contributed by atoms with E-state index in [1.54, 1.807) is 12.1 Å². The van der Waals surface area contributed by atoms with E-state index in [4.69, 9.17) is 0 Å². The van der Waals surface area contributed by atoms with E-state index < -0.39 is 9.84 Å². The number of amides is 1. The second kappa shape index (κ2) is 8.01. The average Bonchev–Trinajstić information content (AvgIpc) is 3.14. The van der Waals surface area contributed by atoms with Gasteiger partial charge in [-0.05, 0) is 49.7 Å². The van der Waals surface area contributed by atoms with Gasteiger partial charge in [-0.1, -0.05) is 36.4 Å². The van der Waals surface area contributed by atoms with Gasteiger partial charge in [-0.2, -0.15) is 0 Å². The Morgan fingerprint density at radius 2 is 1.77 bits per heavy atom. The molecule has 2 aromatic carbocycles. The van der Waals surface area contributed by atoms with Crippen LogP contribution in [0.3, 0.4) is 0 Å². The van der Waals surface area contributed by atoms with Crippen molar-refractivity contribution < 1.29 is 13.2 Å². The molecule has 1 amide bonds. The summed E-state index contributed by atoms with van der Waals surface area (Å²) in [7, 11) is -3.35. The molecule has 1 fully saturated rings. The van der Waals surface area contributed by atoms with Crippen molar-refractivity contribution in [1.29, 1.82) is 0 Å². The van der Waals surface area contributed by atoms with Crippen molar-refractivity contribution in [3.63, 3.8) is 0 Å². The summed E-state index contributed by atoms with van der Waals surface area (Å²) in [5.41, 5.74) is 1.40. The Labute approximate surface area is 154 Å². The molecule has 1 heterocycles. The maximum Gasteiger partial charge on any atom is 0.251 e. The molecule has 6 heteroatoms. The molecule has 1 unspecified atom stereocenters. The fourth-order valence-electron chi connectivity index (χ4n) is 3.25. The van der Waals surface area contributed by atoms with E-state index in [1.165, 1.54) is 25.0 Å². The Balaban J connectivity index is 1.80. The minimum absolute atomic E-state index is 0.135. The molecule has 1 saturated heterocycles. The Hall–Kier alpha value is -2.18. The molecule has 0 bridgehead atoms. The molecule has 0 aliphatic carbocycles. The van der Waals surface area contributed by atoms with Crippen LogP contribution in [-0.2, 0) is 9.84 Å². The summed E-state index contributed by atoms with van der Waals surface area (Å²) in [4.78, 5) is 15.3. The Morgan fingerprint density at radius 3 is 2.42 bits per heavy atom.